The average molecular weight is 216 g/mol. The second kappa shape index (κ2) is 5.70. The van der Waals surface area contributed by atoms with Crippen molar-refractivity contribution >= 4 is 11.9 Å². The third-order valence-corrected chi connectivity index (χ3v) is 2.24. The van der Waals surface area contributed by atoms with Crippen LogP contribution in [-0.2, 0) is 9.59 Å². The lowest BCUT2D eigenvalue weighted by atomic mass is 10.0. The Morgan fingerprint density at radius 2 is 1.73 bits per heavy atom. The maximum atomic E-state index is 11.1. The van der Waals surface area contributed by atoms with Gasteiger partial charge in [-0.1, -0.05) is 13.8 Å². The zero-order valence-corrected chi connectivity index (χ0v) is 9.73. The van der Waals surface area contributed by atoms with Gasteiger partial charge in [0.05, 0.1) is 6.54 Å². The average Bonchev–Trinajstić information content (AvgIpc) is 2.00. The van der Waals surface area contributed by atoms with E-state index in [2.05, 4.69) is 0 Å². The Kier molecular flexibility index (Phi) is 5.28. The lowest BCUT2D eigenvalue weighted by molar-refractivity contribution is -0.146. The molecule has 0 fully saturated rings. The molecule has 0 heterocycles. The van der Waals surface area contributed by atoms with Crippen molar-refractivity contribution < 1.29 is 14.7 Å². The molecule has 15 heavy (non-hydrogen) atoms. The van der Waals surface area contributed by atoms with E-state index in [1.165, 1.54) is 0 Å². The van der Waals surface area contributed by atoms with E-state index in [1.54, 1.807) is 4.90 Å². The van der Waals surface area contributed by atoms with Gasteiger partial charge in [0.15, 0.2) is 0 Å². The molecule has 0 aliphatic carbocycles. The number of carboxylic acids is 1. The number of hydrogen-bond acceptors (Lipinski definition) is 3. The van der Waals surface area contributed by atoms with Gasteiger partial charge in [-0.3, -0.25) is 14.5 Å². The van der Waals surface area contributed by atoms with Crippen LogP contribution >= 0.6 is 0 Å². The Morgan fingerprint density at radius 3 is 1.93 bits per heavy atom. The van der Waals surface area contributed by atoms with Crippen molar-refractivity contribution in [2.24, 2.45) is 11.7 Å². The van der Waals surface area contributed by atoms with Crippen molar-refractivity contribution in [3.63, 3.8) is 0 Å². The van der Waals surface area contributed by atoms with E-state index in [-0.39, 0.29) is 18.5 Å². The van der Waals surface area contributed by atoms with Crippen molar-refractivity contribution in [1.29, 1.82) is 0 Å². The Morgan fingerprint density at radius 1 is 1.27 bits per heavy atom. The summed E-state index contributed by atoms with van der Waals surface area (Å²) in [7, 11) is 0. The van der Waals surface area contributed by atoms with Gasteiger partial charge in [-0.25, -0.2) is 0 Å². The van der Waals surface area contributed by atoms with Crippen molar-refractivity contribution in [3.05, 3.63) is 0 Å². The summed E-state index contributed by atoms with van der Waals surface area (Å²) in [5.74, 6) is -1.49. The van der Waals surface area contributed by atoms with Crippen LogP contribution in [-0.4, -0.2) is 40.5 Å². The molecular formula is C10H20N2O3. The van der Waals surface area contributed by atoms with Gasteiger partial charge < -0.3 is 10.8 Å². The summed E-state index contributed by atoms with van der Waals surface area (Å²) in [5.41, 5.74) is 5.10. The maximum absolute atomic E-state index is 11.1. The molecule has 0 aliphatic heterocycles. The molecular weight excluding hydrogens is 196 g/mol. The molecule has 88 valence electrons. The van der Waals surface area contributed by atoms with Crippen molar-refractivity contribution in [1.82, 2.24) is 4.90 Å². The van der Waals surface area contributed by atoms with Crippen LogP contribution in [0.2, 0.25) is 0 Å². The number of rotatable bonds is 6. The normalized spacial score (nSPS) is 13.5. The zero-order chi connectivity index (χ0) is 12.2. The highest BCUT2D eigenvalue weighted by Crippen LogP contribution is 2.14. The minimum atomic E-state index is -0.917. The summed E-state index contributed by atoms with van der Waals surface area (Å²) in [4.78, 5) is 23.5. The molecule has 0 radical (unpaired) electrons. The second-order valence-corrected chi connectivity index (χ2v) is 4.26. The quantitative estimate of drug-likeness (QED) is 0.668. The van der Waals surface area contributed by atoms with Crippen LogP contribution in [0.25, 0.3) is 0 Å². The van der Waals surface area contributed by atoms with Crippen LogP contribution in [0.3, 0.4) is 0 Å². The summed E-state index contributed by atoms with van der Waals surface area (Å²) in [6.07, 6.45) is 0. The molecule has 1 unspecified atom stereocenters. The van der Waals surface area contributed by atoms with Gasteiger partial charge in [-0.15, -0.1) is 0 Å². The predicted octanol–water partition coefficient (Wildman–Crippen LogP) is 0.291. The first-order valence-electron chi connectivity index (χ1n) is 5.04. The summed E-state index contributed by atoms with van der Waals surface area (Å²) < 4.78 is 0. The maximum Gasteiger partial charge on any atom is 0.321 e. The second-order valence-electron chi connectivity index (χ2n) is 4.26. The summed E-state index contributed by atoms with van der Waals surface area (Å²) in [6, 6.07) is -0.696. The van der Waals surface area contributed by atoms with Crippen molar-refractivity contribution in [2.75, 3.05) is 6.54 Å². The minimum absolute atomic E-state index is 0.0210. The number of aliphatic carboxylic acids is 1. The fourth-order valence-corrected chi connectivity index (χ4v) is 1.59. The molecule has 5 heteroatoms. The fraction of sp³-hybridized carbons (Fsp3) is 0.800. The first-order valence-corrected chi connectivity index (χ1v) is 5.04. The Labute approximate surface area is 90.2 Å². The van der Waals surface area contributed by atoms with Gasteiger partial charge in [0.2, 0.25) is 5.91 Å². The van der Waals surface area contributed by atoms with Crippen molar-refractivity contribution in [3.8, 4) is 0 Å². The summed E-state index contributed by atoms with van der Waals surface area (Å²) in [6.45, 7) is 7.31. The third kappa shape index (κ3) is 4.29. The Balaban J connectivity index is 4.84. The topological polar surface area (TPSA) is 83.6 Å². The summed E-state index contributed by atoms with van der Waals surface area (Å²) >= 11 is 0. The van der Waals surface area contributed by atoms with Crippen molar-refractivity contribution in [2.45, 2.75) is 39.8 Å². The number of amides is 1. The van der Waals surface area contributed by atoms with E-state index < -0.39 is 17.9 Å². The van der Waals surface area contributed by atoms with Crippen LogP contribution in [0.1, 0.15) is 27.7 Å². The van der Waals surface area contributed by atoms with Gasteiger partial charge in [0.25, 0.3) is 0 Å². The molecule has 1 atom stereocenters. The molecule has 0 spiro atoms. The van der Waals surface area contributed by atoms with Crippen LogP contribution in [0.15, 0.2) is 0 Å². The zero-order valence-electron chi connectivity index (χ0n) is 9.73. The Bertz CT molecular complexity index is 239. The number of nitrogens with two attached hydrogens (primary N) is 1. The lowest BCUT2D eigenvalue weighted by Gasteiger charge is -2.33. The first-order chi connectivity index (χ1) is 6.77. The van der Waals surface area contributed by atoms with E-state index >= 15 is 0 Å². The largest absolute Gasteiger partial charge is 0.480 e. The molecule has 0 rings (SSSR count). The highest BCUT2D eigenvalue weighted by atomic mass is 16.4. The first kappa shape index (κ1) is 13.9. The molecule has 0 saturated carbocycles. The molecule has 0 saturated heterocycles. The molecule has 3 N–H and O–H groups in total. The number of carboxylic acid groups (broad SMARTS) is 1. The highest BCUT2D eigenvalue weighted by Gasteiger charge is 2.31. The van der Waals surface area contributed by atoms with E-state index in [0.717, 1.165) is 0 Å². The van der Waals surface area contributed by atoms with E-state index in [4.69, 9.17) is 10.8 Å². The van der Waals surface area contributed by atoms with Gasteiger partial charge in [0, 0.05) is 6.04 Å². The Hall–Kier alpha value is -1.10. The fourth-order valence-electron chi connectivity index (χ4n) is 1.59. The van der Waals surface area contributed by atoms with Gasteiger partial charge in [-0.05, 0) is 19.8 Å². The van der Waals surface area contributed by atoms with Crippen LogP contribution in [0.5, 0.6) is 0 Å². The molecule has 0 aliphatic rings. The summed E-state index contributed by atoms with van der Waals surface area (Å²) in [5, 5.41) is 9.08. The van der Waals surface area contributed by atoms with Crippen LogP contribution in [0, 0.1) is 5.92 Å². The van der Waals surface area contributed by atoms with E-state index in [1.807, 2.05) is 27.7 Å². The molecule has 0 aromatic carbocycles. The molecule has 1 amide bonds. The number of carbonyl (C=O) groups excluding carboxylic acids is 1. The van der Waals surface area contributed by atoms with Crippen LogP contribution < -0.4 is 5.73 Å². The highest BCUT2D eigenvalue weighted by molar-refractivity contribution is 5.78. The minimum Gasteiger partial charge on any atom is -0.480 e. The number of carbonyl (C=O) groups is 2. The molecule has 0 aromatic rings. The van der Waals surface area contributed by atoms with Gasteiger partial charge in [0.1, 0.15) is 6.04 Å². The number of hydrogen-bond donors (Lipinski definition) is 2. The lowest BCUT2D eigenvalue weighted by Crippen LogP contribution is -2.51. The van der Waals surface area contributed by atoms with Gasteiger partial charge in [-0.2, -0.15) is 0 Å². The molecule has 5 nitrogen and oxygen atoms in total. The smallest absolute Gasteiger partial charge is 0.321 e. The van der Waals surface area contributed by atoms with Crippen LogP contribution in [0.4, 0.5) is 0 Å². The third-order valence-electron chi connectivity index (χ3n) is 2.24. The van der Waals surface area contributed by atoms with E-state index in [9.17, 15) is 9.59 Å². The molecule has 0 aromatic heterocycles. The standard InChI is InChI=1S/C10H20N2O3/c1-6(2)9(10(14)15)12(7(3)4)5-8(11)13/h6-7,9H,5H2,1-4H3,(H2,11,13)(H,14,15). The molecule has 0 bridgehead atoms. The SMILES string of the molecule is CC(C)C(C(=O)O)N(CC(N)=O)C(C)C. The van der Waals surface area contributed by atoms with Gasteiger partial charge >= 0.3 is 5.97 Å². The predicted molar refractivity (Wildman–Crippen MR) is 57.3 cm³/mol. The van der Waals surface area contributed by atoms with E-state index in [0.29, 0.717) is 0 Å². The number of primary amides is 1. The number of nitrogens with zero attached hydrogens (tertiary/aromatic N) is 1. The monoisotopic (exact) mass is 216 g/mol.